The number of halogens is 1. The Kier molecular flexibility index (Phi) is 6.17. The van der Waals surface area contributed by atoms with E-state index in [1.165, 1.54) is 23.5 Å². The van der Waals surface area contributed by atoms with Crippen LogP contribution >= 0.6 is 11.6 Å². The van der Waals surface area contributed by atoms with E-state index < -0.39 is 15.9 Å². The zero-order valence-corrected chi connectivity index (χ0v) is 19.2. The van der Waals surface area contributed by atoms with Crippen molar-refractivity contribution in [2.45, 2.75) is 36.0 Å². The van der Waals surface area contributed by atoms with Gasteiger partial charge in [-0.2, -0.15) is 9.57 Å². The summed E-state index contributed by atoms with van der Waals surface area (Å²) in [7, 11) is -2.47. The number of hydrogen-bond donors (Lipinski definition) is 1. The largest absolute Gasteiger partial charge is 0.495 e. The summed E-state index contributed by atoms with van der Waals surface area (Å²) in [6, 6.07) is 14.1. The Balaban J connectivity index is 1.46. The number of sulfonamides is 1. The molecule has 2 aromatic rings. The van der Waals surface area contributed by atoms with E-state index in [9.17, 15) is 18.5 Å². The molecule has 0 spiro atoms. The minimum absolute atomic E-state index is 0.00403. The fraction of sp³-hybridized carbons (Fsp3) is 0.391. The maximum atomic E-state index is 13.2. The molecule has 0 unspecified atom stereocenters. The molecule has 7 nitrogen and oxygen atoms in total. The summed E-state index contributed by atoms with van der Waals surface area (Å²) in [5, 5.41) is 12.5. The highest BCUT2D eigenvalue weighted by atomic mass is 35.5. The summed E-state index contributed by atoms with van der Waals surface area (Å²) in [6.07, 6.45) is 2.89. The minimum Gasteiger partial charge on any atom is -0.495 e. The van der Waals surface area contributed by atoms with Gasteiger partial charge in [0.15, 0.2) is 0 Å². The lowest BCUT2D eigenvalue weighted by molar-refractivity contribution is -0.120. The number of anilines is 1. The van der Waals surface area contributed by atoms with Crippen molar-refractivity contribution in [2.24, 2.45) is 5.92 Å². The van der Waals surface area contributed by atoms with E-state index in [0.717, 1.165) is 18.4 Å². The SMILES string of the molecule is COc1ccc(Cl)cc1S(=O)(=O)N1CCC[C@@H](C(=O)Nc2ccc(C3(C#N)CC3)cc2)C1. The van der Waals surface area contributed by atoms with Gasteiger partial charge in [-0.25, -0.2) is 8.42 Å². The maximum Gasteiger partial charge on any atom is 0.246 e. The monoisotopic (exact) mass is 473 g/mol. The molecular formula is C23H24ClN3O4S. The average molecular weight is 474 g/mol. The summed E-state index contributed by atoms with van der Waals surface area (Å²) < 4.78 is 33.0. The van der Waals surface area contributed by atoms with E-state index in [1.54, 1.807) is 18.2 Å². The molecule has 1 amide bonds. The number of piperidine rings is 1. The third-order valence-electron chi connectivity index (χ3n) is 6.17. The normalized spacial score (nSPS) is 20.2. The first kappa shape index (κ1) is 22.6. The molecule has 32 heavy (non-hydrogen) atoms. The highest BCUT2D eigenvalue weighted by Gasteiger charge is 2.44. The Bertz CT molecular complexity index is 1170. The van der Waals surface area contributed by atoms with E-state index in [1.807, 2.05) is 12.1 Å². The molecule has 0 radical (unpaired) electrons. The summed E-state index contributed by atoms with van der Waals surface area (Å²) in [5.74, 6) is -0.485. The van der Waals surface area contributed by atoms with E-state index >= 15 is 0 Å². The van der Waals surface area contributed by atoms with Crippen molar-refractivity contribution in [1.29, 1.82) is 5.26 Å². The van der Waals surface area contributed by atoms with Crippen LogP contribution in [0.25, 0.3) is 0 Å². The number of nitriles is 1. The predicted octanol–water partition coefficient (Wildman–Crippen LogP) is 3.94. The molecule has 2 aliphatic rings. The number of methoxy groups -OCH3 is 1. The third kappa shape index (κ3) is 4.33. The molecule has 1 saturated carbocycles. The topological polar surface area (TPSA) is 99.5 Å². The lowest BCUT2D eigenvalue weighted by atomic mass is 9.97. The van der Waals surface area contributed by atoms with Gasteiger partial charge in [-0.05, 0) is 61.6 Å². The van der Waals surface area contributed by atoms with Gasteiger partial charge in [0.25, 0.3) is 0 Å². The van der Waals surface area contributed by atoms with Crippen LogP contribution in [0.4, 0.5) is 5.69 Å². The highest BCUT2D eigenvalue weighted by molar-refractivity contribution is 7.89. The van der Waals surface area contributed by atoms with Gasteiger partial charge >= 0.3 is 0 Å². The quantitative estimate of drug-likeness (QED) is 0.684. The molecule has 4 rings (SSSR count). The van der Waals surface area contributed by atoms with Crippen LogP contribution in [0.15, 0.2) is 47.4 Å². The van der Waals surface area contributed by atoms with Gasteiger partial charge in [0.2, 0.25) is 15.9 Å². The number of nitrogens with zero attached hydrogens (tertiary/aromatic N) is 2. The molecule has 1 heterocycles. The van der Waals surface area contributed by atoms with E-state index in [-0.39, 0.29) is 28.5 Å². The number of rotatable bonds is 6. The van der Waals surface area contributed by atoms with Crippen LogP contribution < -0.4 is 10.1 Å². The van der Waals surface area contributed by atoms with Crippen molar-refractivity contribution >= 4 is 33.2 Å². The van der Waals surface area contributed by atoms with Crippen LogP contribution in [-0.2, 0) is 20.2 Å². The molecule has 2 aromatic carbocycles. The first-order chi connectivity index (χ1) is 15.3. The Hall–Kier alpha value is -2.60. The predicted molar refractivity (Wildman–Crippen MR) is 121 cm³/mol. The molecule has 1 aliphatic heterocycles. The number of carbonyl (C=O) groups is 1. The van der Waals surface area contributed by atoms with Crippen LogP contribution in [0.2, 0.25) is 5.02 Å². The summed E-state index contributed by atoms with van der Waals surface area (Å²) in [4.78, 5) is 12.9. The van der Waals surface area contributed by atoms with E-state index in [0.29, 0.717) is 30.1 Å². The van der Waals surface area contributed by atoms with E-state index in [2.05, 4.69) is 11.4 Å². The number of hydrogen-bond acceptors (Lipinski definition) is 5. The van der Waals surface area contributed by atoms with Crippen molar-refractivity contribution < 1.29 is 17.9 Å². The highest BCUT2D eigenvalue weighted by Crippen LogP contribution is 2.47. The van der Waals surface area contributed by atoms with Crippen molar-refractivity contribution in [3.63, 3.8) is 0 Å². The van der Waals surface area contributed by atoms with Crippen LogP contribution in [0.3, 0.4) is 0 Å². The molecule has 1 saturated heterocycles. The maximum absolute atomic E-state index is 13.2. The van der Waals surface area contributed by atoms with Crippen molar-refractivity contribution in [1.82, 2.24) is 4.31 Å². The molecule has 0 bridgehead atoms. The molecule has 2 fully saturated rings. The van der Waals surface area contributed by atoms with Gasteiger partial charge in [-0.1, -0.05) is 23.7 Å². The number of nitrogens with one attached hydrogen (secondary N) is 1. The molecule has 1 aliphatic carbocycles. The van der Waals surface area contributed by atoms with Gasteiger partial charge in [0.05, 0.1) is 24.5 Å². The van der Waals surface area contributed by atoms with Gasteiger partial charge in [-0.15, -0.1) is 0 Å². The molecule has 1 N–H and O–H groups in total. The number of benzene rings is 2. The van der Waals surface area contributed by atoms with Crippen molar-refractivity contribution in [3.05, 3.63) is 53.1 Å². The Morgan fingerprint density at radius 1 is 1.25 bits per heavy atom. The van der Waals surface area contributed by atoms with Gasteiger partial charge in [-0.3, -0.25) is 4.79 Å². The second-order valence-electron chi connectivity index (χ2n) is 8.26. The lowest BCUT2D eigenvalue weighted by Gasteiger charge is -2.31. The standard InChI is InChI=1S/C23H24ClN3O4S/c1-31-20-9-6-18(24)13-21(20)32(29,30)27-12-2-3-16(14-27)22(28)26-19-7-4-17(5-8-19)23(15-25)10-11-23/h4-9,13,16H,2-3,10-12,14H2,1H3,(H,26,28)/t16-/m1/s1. The second-order valence-corrected chi connectivity index (χ2v) is 10.6. The van der Waals surface area contributed by atoms with Gasteiger partial charge in [0.1, 0.15) is 10.6 Å². The van der Waals surface area contributed by atoms with Crippen LogP contribution in [0.5, 0.6) is 5.75 Å². The number of ether oxygens (including phenoxy) is 1. The average Bonchev–Trinajstić information content (AvgIpc) is 3.61. The van der Waals surface area contributed by atoms with Crippen LogP contribution in [0, 0.1) is 17.2 Å². The minimum atomic E-state index is -3.87. The van der Waals surface area contributed by atoms with Crippen LogP contribution in [0.1, 0.15) is 31.2 Å². The fourth-order valence-corrected chi connectivity index (χ4v) is 6.02. The number of amides is 1. The zero-order valence-electron chi connectivity index (χ0n) is 17.7. The number of carbonyl (C=O) groups excluding carboxylic acids is 1. The van der Waals surface area contributed by atoms with Crippen molar-refractivity contribution in [2.75, 3.05) is 25.5 Å². The molecular weight excluding hydrogens is 450 g/mol. The summed E-state index contributed by atoms with van der Waals surface area (Å²) in [5.41, 5.74) is 1.22. The molecule has 168 valence electrons. The molecule has 1 atom stereocenters. The first-order valence-corrected chi connectivity index (χ1v) is 12.3. The smallest absolute Gasteiger partial charge is 0.246 e. The Morgan fingerprint density at radius 2 is 1.97 bits per heavy atom. The summed E-state index contributed by atoms with van der Waals surface area (Å²) in [6.45, 7) is 0.409. The first-order valence-electron chi connectivity index (χ1n) is 10.5. The van der Waals surface area contributed by atoms with E-state index in [4.69, 9.17) is 16.3 Å². The summed E-state index contributed by atoms with van der Waals surface area (Å²) >= 11 is 6.02. The second kappa shape index (κ2) is 8.74. The lowest BCUT2D eigenvalue weighted by Crippen LogP contribution is -2.43. The fourth-order valence-electron chi connectivity index (χ4n) is 4.07. The molecule has 9 heteroatoms. The van der Waals surface area contributed by atoms with Gasteiger partial charge in [0, 0.05) is 23.8 Å². The van der Waals surface area contributed by atoms with Gasteiger partial charge < -0.3 is 10.1 Å². The Morgan fingerprint density at radius 3 is 2.59 bits per heavy atom. The van der Waals surface area contributed by atoms with Crippen LogP contribution in [-0.4, -0.2) is 38.8 Å². The van der Waals surface area contributed by atoms with Crippen molar-refractivity contribution in [3.8, 4) is 11.8 Å². The Labute approximate surface area is 193 Å². The third-order valence-corrected chi connectivity index (χ3v) is 8.29. The zero-order chi connectivity index (χ0) is 22.9. The molecule has 0 aromatic heterocycles.